The van der Waals surface area contributed by atoms with Crippen LogP contribution in [0.4, 0.5) is 5.69 Å². The molecule has 0 bridgehead atoms. The summed E-state index contributed by atoms with van der Waals surface area (Å²) in [5, 5.41) is 32.8. The summed E-state index contributed by atoms with van der Waals surface area (Å²) < 4.78 is 0. The number of aromatic nitrogens is 1. The van der Waals surface area contributed by atoms with E-state index in [2.05, 4.69) is 10.3 Å². The van der Waals surface area contributed by atoms with E-state index in [1.807, 2.05) is 0 Å². The van der Waals surface area contributed by atoms with E-state index in [-0.39, 0.29) is 17.7 Å². The largest absolute Gasteiger partial charge is 0.390 e. The van der Waals surface area contributed by atoms with Gasteiger partial charge < -0.3 is 20.5 Å². The van der Waals surface area contributed by atoms with Gasteiger partial charge in [0.15, 0.2) is 0 Å². The maximum atomic E-state index is 11.4. The van der Waals surface area contributed by atoms with Crippen LogP contribution >= 0.6 is 0 Å². The second-order valence-electron chi connectivity index (χ2n) is 3.80. The van der Waals surface area contributed by atoms with E-state index >= 15 is 0 Å². The Morgan fingerprint density at radius 3 is 2.78 bits per heavy atom. The molecule has 1 aromatic rings. The quantitative estimate of drug-likeness (QED) is 0.393. The lowest BCUT2D eigenvalue weighted by molar-refractivity contribution is -0.385. The fraction of sp³-hybridized carbons (Fsp3) is 0.500. The van der Waals surface area contributed by atoms with Crippen LogP contribution in [0.25, 0.3) is 0 Å². The highest BCUT2D eigenvalue weighted by atomic mass is 16.6. The first-order chi connectivity index (χ1) is 8.47. The minimum absolute atomic E-state index is 0.215. The van der Waals surface area contributed by atoms with Gasteiger partial charge in [-0.15, -0.1) is 0 Å². The number of aliphatic hydroxyl groups is 2. The number of aliphatic hydroxyl groups excluding tert-OH is 2. The van der Waals surface area contributed by atoms with E-state index in [0.29, 0.717) is 6.54 Å². The van der Waals surface area contributed by atoms with Crippen LogP contribution in [-0.2, 0) is 0 Å². The number of nitrogens with zero attached hydrogens (tertiary/aromatic N) is 1. The standard InChI is InChI=1S/C10H15N3O5/c1-11-3-2-8(14)9(15)7-4-6(13(17)18)5-12-10(7)16/h4-5,8-9,11,14-15H,2-3H2,1H3,(H,12,16). The molecular weight excluding hydrogens is 242 g/mol. The third kappa shape index (κ3) is 3.36. The van der Waals surface area contributed by atoms with Gasteiger partial charge >= 0.3 is 0 Å². The lowest BCUT2D eigenvalue weighted by Crippen LogP contribution is -2.27. The van der Waals surface area contributed by atoms with Crippen molar-refractivity contribution in [2.45, 2.75) is 18.6 Å². The molecule has 4 N–H and O–H groups in total. The van der Waals surface area contributed by atoms with Gasteiger partial charge in [-0.1, -0.05) is 0 Å². The Hall–Kier alpha value is -1.77. The van der Waals surface area contributed by atoms with Crippen molar-refractivity contribution in [3.63, 3.8) is 0 Å². The average Bonchev–Trinajstić information content (AvgIpc) is 2.35. The van der Waals surface area contributed by atoms with Gasteiger partial charge in [-0.3, -0.25) is 14.9 Å². The molecule has 0 aliphatic heterocycles. The summed E-state index contributed by atoms with van der Waals surface area (Å²) in [6, 6.07) is 0.964. The molecule has 0 aromatic carbocycles. The van der Waals surface area contributed by atoms with Crippen molar-refractivity contribution in [2.75, 3.05) is 13.6 Å². The first kappa shape index (κ1) is 14.3. The van der Waals surface area contributed by atoms with Crippen molar-refractivity contribution < 1.29 is 15.1 Å². The number of nitrogens with one attached hydrogen (secondary N) is 2. The van der Waals surface area contributed by atoms with Crippen LogP contribution in [0.3, 0.4) is 0 Å². The highest BCUT2D eigenvalue weighted by Crippen LogP contribution is 2.18. The molecule has 18 heavy (non-hydrogen) atoms. The van der Waals surface area contributed by atoms with E-state index in [9.17, 15) is 25.1 Å². The molecule has 1 heterocycles. The zero-order chi connectivity index (χ0) is 13.7. The number of aromatic amines is 1. The van der Waals surface area contributed by atoms with Crippen molar-refractivity contribution in [1.82, 2.24) is 10.3 Å². The number of rotatable bonds is 6. The molecule has 0 amide bonds. The van der Waals surface area contributed by atoms with Crippen molar-refractivity contribution >= 4 is 5.69 Å². The van der Waals surface area contributed by atoms with Crippen LogP contribution in [0.1, 0.15) is 18.1 Å². The Morgan fingerprint density at radius 1 is 1.56 bits per heavy atom. The number of pyridine rings is 1. The van der Waals surface area contributed by atoms with Gasteiger partial charge in [0, 0.05) is 6.07 Å². The molecular formula is C10H15N3O5. The van der Waals surface area contributed by atoms with Crippen LogP contribution in [-0.4, -0.2) is 39.8 Å². The van der Waals surface area contributed by atoms with Crippen molar-refractivity contribution in [3.05, 3.63) is 38.3 Å². The monoisotopic (exact) mass is 257 g/mol. The zero-order valence-corrected chi connectivity index (χ0v) is 9.79. The first-order valence-corrected chi connectivity index (χ1v) is 5.35. The summed E-state index contributed by atoms with van der Waals surface area (Å²) in [6.45, 7) is 0.449. The van der Waals surface area contributed by atoms with Crippen LogP contribution in [0.5, 0.6) is 0 Å². The van der Waals surface area contributed by atoms with Gasteiger partial charge in [0.2, 0.25) is 0 Å². The third-order valence-corrected chi connectivity index (χ3v) is 2.50. The Morgan fingerprint density at radius 2 is 2.22 bits per heavy atom. The second kappa shape index (κ2) is 6.24. The van der Waals surface area contributed by atoms with E-state index < -0.39 is 22.7 Å². The molecule has 0 aliphatic carbocycles. The lowest BCUT2D eigenvalue weighted by Gasteiger charge is -2.16. The predicted molar refractivity (Wildman–Crippen MR) is 63.2 cm³/mol. The molecule has 0 saturated carbocycles. The summed E-state index contributed by atoms with van der Waals surface area (Å²) in [6.07, 6.45) is -1.46. The maximum Gasteiger partial charge on any atom is 0.285 e. The number of hydrogen-bond acceptors (Lipinski definition) is 6. The fourth-order valence-electron chi connectivity index (χ4n) is 1.47. The Kier molecular flexibility index (Phi) is 4.95. The molecule has 0 saturated heterocycles. The van der Waals surface area contributed by atoms with Gasteiger partial charge in [0.1, 0.15) is 6.10 Å². The van der Waals surface area contributed by atoms with Crippen LogP contribution in [0.15, 0.2) is 17.1 Å². The highest BCUT2D eigenvalue weighted by Gasteiger charge is 2.23. The molecule has 1 aromatic heterocycles. The van der Waals surface area contributed by atoms with Crippen LogP contribution < -0.4 is 10.9 Å². The Bertz CT molecular complexity index is 473. The van der Waals surface area contributed by atoms with Crippen molar-refractivity contribution in [2.24, 2.45) is 0 Å². The molecule has 2 atom stereocenters. The molecule has 100 valence electrons. The molecule has 0 radical (unpaired) electrons. The Labute approximate surface area is 102 Å². The summed E-state index contributed by atoms with van der Waals surface area (Å²) in [5.74, 6) is 0. The predicted octanol–water partition coefficient (Wildman–Crippen LogP) is -0.713. The molecule has 1 rings (SSSR count). The molecule has 8 heteroatoms. The van der Waals surface area contributed by atoms with E-state index in [1.165, 1.54) is 0 Å². The molecule has 2 unspecified atom stereocenters. The average molecular weight is 257 g/mol. The Balaban J connectivity index is 2.97. The van der Waals surface area contributed by atoms with Crippen LogP contribution in [0.2, 0.25) is 0 Å². The zero-order valence-electron chi connectivity index (χ0n) is 9.79. The summed E-state index contributed by atoms with van der Waals surface area (Å²) in [5.41, 5.74) is -1.21. The van der Waals surface area contributed by atoms with E-state index in [0.717, 1.165) is 12.3 Å². The van der Waals surface area contributed by atoms with Gasteiger partial charge in [0.25, 0.3) is 11.2 Å². The SMILES string of the molecule is CNCCC(O)C(O)c1cc([N+](=O)[O-])c[nH]c1=O. The van der Waals surface area contributed by atoms with Gasteiger partial charge in [-0.2, -0.15) is 0 Å². The van der Waals surface area contributed by atoms with Crippen molar-refractivity contribution in [3.8, 4) is 0 Å². The van der Waals surface area contributed by atoms with E-state index in [4.69, 9.17) is 0 Å². The van der Waals surface area contributed by atoms with Gasteiger partial charge in [-0.25, -0.2) is 0 Å². The molecule has 8 nitrogen and oxygen atoms in total. The molecule has 0 fully saturated rings. The summed E-state index contributed by atoms with van der Waals surface area (Å²) in [7, 11) is 1.68. The second-order valence-corrected chi connectivity index (χ2v) is 3.80. The first-order valence-electron chi connectivity index (χ1n) is 5.35. The van der Waals surface area contributed by atoms with Crippen molar-refractivity contribution in [1.29, 1.82) is 0 Å². The minimum Gasteiger partial charge on any atom is -0.390 e. The molecule has 0 spiro atoms. The number of hydrogen-bond donors (Lipinski definition) is 4. The summed E-state index contributed by atoms with van der Waals surface area (Å²) >= 11 is 0. The number of H-pyrrole nitrogens is 1. The maximum absolute atomic E-state index is 11.4. The van der Waals surface area contributed by atoms with Crippen LogP contribution in [0, 0.1) is 10.1 Å². The third-order valence-electron chi connectivity index (χ3n) is 2.50. The normalized spacial score (nSPS) is 14.2. The number of nitro groups is 1. The minimum atomic E-state index is -1.46. The lowest BCUT2D eigenvalue weighted by atomic mass is 10.0. The summed E-state index contributed by atoms with van der Waals surface area (Å²) in [4.78, 5) is 23.5. The van der Waals surface area contributed by atoms with Gasteiger partial charge in [0.05, 0.1) is 22.8 Å². The topological polar surface area (TPSA) is 128 Å². The highest BCUT2D eigenvalue weighted by molar-refractivity contribution is 5.31. The smallest absolute Gasteiger partial charge is 0.285 e. The molecule has 0 aliphatic rings. The van der Waals surface area contributed by atoms with E-state index in [1.54, 1.807) is 7.05 Å². The fourth-order valence-corrected chi connectivity index (χ4v) is 1.47. The van der Waals surface area contributed by atoms with Gasteiger partial charge in [-0.05, 0) is 20.0 Å².